The van der Waals surface area contributed by atoms with E-state index >= 15 is 0 Å². The molecule has 0 unspecified atom stereocenters. The van der Waals surface area contributed by atoms with Crippen LogP contribution in [-0.4, -0.2) is 60.8 Å². The lowest BCUT2D eigenvalue weighted by Gasteiger charge is -2.33. The van der Waals surface area contributed by atoms with Crippen molar-refractivity contribution < 1.29 is 24.4 Å². The lowest BCUT2D eigenvalue weighted by molar-refractivity contribution is 0.0150. The number of methoxy groups -OCH3 is 1. The molecule has 0 spiro atoms. The average Bonchev–Trinajstić information content (AvgIpc) is 2.94. The molecule has 0 radical (unpaired) electrons. The molecule has 3 rings (SSSR count). The number of benzene rings is 2. The van der Waals surface area contributed by atoms with Crippen LogP contribution in [0.25, 0.3) is 10.9 Å². The van der Waals surface area contributed by atoms with Gasteiger partial charge in [0, 0.05) is 31.3 Å². The van der Waals surface area contributed by atoms with Gasteiger partial charge in [-0.3, -0.25) is 0 Å². The van der Waals surface area contributed by atoms with Gasteiger partial charge in [0.05, 0.1) is 32.4 Å². The molecule has 238 valence electrons. The maximum Gasteiger partial charge on any atom is 0.318 e. The molecule has 2 aromatic carbocycles. The van der Waals surface area contributed by atoms with Crippen molar-refractivity contribution in [2.24, 2.45) is 21.7 Å². The molecule has 8 heteroatoms. The van der Waals surface area contributed by atoms with Gasteiger partial charge in [-0.1, -0.05) is 61.5 Å². The molecule has 0 amide bonds. The first-order valence-electron chi connectivity index (χ1n) is 15.1. The Labute approximate surface area is 258 Å². The Balaban J connectivity index is 1.90. The highest BCUT2D eigenvalue weighted by atomic mass is 16.5. The zero-order chi connectivity index (χ0) is 32.1. The number of fused-ring (bicyclic) bond motifs is 1. The Morgan fingerprint density at radius 1 is 0.744 bits per heavy atom. The summed E-state index contributed by atoms with van der Waals surface area (Å²) in [4.78, 5) is 11.7. The zero-order valence-electron chi connectivity index (χ0n) is 28.0. The van der Waals surface area contributed by atoms with Gasteiger partial charge in [0.25, 0.3) is 0 Å². The van der Waals surface area contributed by atoms with Crippen molar-refractivity contribution >= 4 is 22.4 Å². The third-order valence-corrected chi connectivity index (χ3v) is 7.62. The maximum atomic E-state index is 9.77. The van der Waals surface area contributed by atoms with Crippen molar-refractivity contribution in [3.8, 4) is 11.8 Å². The standard InChI is InChI=1S/C35H53N3O5/c1-32(2,21-39)19-34(5,6)23-42-18-25-11-16-29-28(17-25)30(38(9)26-12-14-27(41-10)15-13-26)37-31(36-29)43-24-35(7,8)20-33(3,4)22-40/h11-17,39-40H,18-24H2,1-10H3. The molecule has 3 aromatic rings. The van der Waals surface area contributed by atoms with E-state index in [1.54, 1.807) is 7.11 Å². The molecular formula is C35H53N3O5. The third-order valence-electron chi connectivity index (χ3n) is 7.62. The van der Waals surface area contributed by atoms with E-state index in [0.29, 0.717) is 25.8 Å². The van der Waals surface area contributed by atoms with E-state index in [9.17, 15) is 10.2 Å². The van der Waals surface area contributed by atoms with Crippen LogP contribution < -0.4 is 14.4 Å². The zero-order valence-corrected chi connectivity index (χ0v) is 28.0. The number of hydrogen-bond acceptors (Lipinski definition) is 8. The van der Waals surface area contributed by atoms with Crippen LogP contribution in [0.1, 0.15) is 73.8 Å². The topological polar surface area (TPSA) is 97.2 Å². The number of anilines is 2. The van der Waals surface area contributed by atoms with Crippen molar-refractivity contribution in [2.45, 2.75) is 74.8 Å². The van der Waals surface area contributed by atoms with Crippen LogP contribution in [0.5, 0.6) is 11.8 Å². The highest BCUT2D eigenvalue weighted by Gasteiger charge is 2.30. The van der Waals surface area contributed by atoms with E-state index in [4.69, 9.17) is 24.2 Å². The van der Waals surface area contributed by atoms with Gasteiger partial charge in [-0.15, -0.1) is 0 Å². The van der Waals surface area contributed by atoms with Crippen LogP contribution in [0.4, 0.5) is 11.5 Å². The third kappa shape index (κ3) is 10.1. The lowest BCUT2D eigenvalue weighted by Crippen LogP contribution is -2.31. The van der Waals surface area contributed by atoms with Crippen molar-refractivity contribution in [2.75, 3.05) is 45.5 Å². The summed E-state index contributed by atoms with van der Waals surface area (Å²) >= 11 is 0. The molecule has 1 heterocycles. The summed E-state index contributed by atoms with van der Waals surface area (Å²) in [5, 5.41) is 20.4. The van der Waals surface area contributed by atoms with Gasteiger partial charge in [-0.05, 0) is 76.5 Å². The van der Waals surface area contributed by atoms with E-state index in [1.165, 1.54) is 0 Å². The van der Waals surface area contributed by atoms with Crippen LogP contribution >= 0.6 is 0 Å². The fourth-order valence-corrected chi connectivity index (χ4v) is 5.99. The quantitative estimate of drug-likeness (QED) is 0.180. The Kier molecular flexibility index (Phi) is 11.1. The molecule has 0 saturated carbocycles. The first kappa shape index (κ1) is 34.5. The molecule has 0 atom stereocenters. The average molecular weight is 596 g/mol. The van der Waals surface area contributed by atoms with E-state index < -0.39 is 0 Å². The molecular weight excluding hydrogens is 542 g/mol. The largest absolute Gasteiger partial charge is 0.497 e. The molecule has 0 saturated heterocycles. The minimum atomic E-state index is -0.209. The van der Waals surface area contributed by atoms with Gasteiger partial charge in [0.1, 0.15) is 11.6 Å². The number of aromatic nitrogens is 2. The first-order valence-corrected chi connectivity index (χ1v) is 15.1. The summed E-state index contributed by atoms with van der Waals surface area (Å²) in [6, 6.07) is 14.3. The van der Waals surface area contributed by atoms with E-state index in [2.05, 4.69) is 61.5 Å². The minimum Gasteiger partial charge on any atom is -0.497 e. The predicted octanol–water partition coefficient (Wildman–Crippen LogP) is 7.17. The number of rotatable bonds is 16. The second-order valence-corrected chi connectivity index (χ2v) is 15.0. The molecule has 8 nitrogen and oxygen atoms in total. The summed E-state index contributed by atoms with van der Waals surface area (Å²) in [6.45, 7) is 18.6. The van der Waals surface area contributed by atoms with Gasteiger partial charge in [0.15, 0.2) is 0 Å². The molecule has 0 fully saturated rings. The number of hydrogen-bond donors (Lipinski definition) is 2. The van der Waals surface area contributed by atoms with Crippen molar-refractivity contribution in [3.05, 3.63) is 48.0 Å². The van der Waals surface area contributed by atoms with E-state index in [-0.39, 0.29) is 34.9 Å². The van der Waals surface area contributed by atoms with E-state index in [1.807, 2.05) is 48.3 Å². The Morgan fingerprint density at radius 3 is 1.88 bits per heavy atom. The van der Waals surface area contributed by atoms with Crippen LogP contribution in [0, 0.1) is 21.7 Å². The maximum absolute atomic E-state index is 9.77. The Morgan fingerprint density at radius 2 is 1.33 bits per heavy atom. The summed E-state index contributed by atoms with van der Waals surface area (Å²) < 4.78 is 17.8. The van der Waals surface area contributed by atoms with Crippen LogP contribution in [0.3, 0.4) is 0 Å². The molecule has 0 aliphatic rings. The molecule has 43 heavy (non-hydrogen) atoms. The first-order chi connectivity index (χ1) is 20.0. The normalized spacial score (nSPS) is 12.9. The molecule has 0 bridgehead atoms. The number of aliphatic hydroxyl groups excluding tert-OH is 2. The van der Waals surface area contributed by atoms with Gasteiger partial charge in [0.2, 0.25) is 0 Å². The van der Waals surface area contributed by atoms with Crippen LogP contribution in [0.2, 0.25) is 0 Å². The second kappa shape index (κ2) is 13.8. The fourth-order valence-electron chi connectivity index (χ4n) is 5.99. The molecule has 0 aliphatic carbocycles. The monoisotopic (exact) mass is 595 g/mol. The van der Waals surface area contributed by atoms with Crippen LogP contribution in [0.15, 0.2) is 42.5 Å². The van der Waals surface area contributed by atoms with Crippen LogP contribution in [-0.2, 0) is 11.3 Å². The van der Waals surface area contributed by atoms with Gasteiger partial charge in [-0.2, -0.15) is 9.97 Å². The molecule has 2 N–H and O–H groups in total. The number of ether oxygens (including phenoxy) is 3. The van der Waals surface area contributed by atoms with Crippen molar-refractivity contribution in [3.63, 3.8) is 0 Å². The molecule has 0 aliphatic heterocycles. The Hall–Kier alpha value is -2.94. The van der Waals surface area contributed by atoms with Crippen molar-refractivity contribution in [1.29, 1.82) is 0 Å². The fraction of sp³-hybridized carbons (Fsp3) is 0.600. The number of aliphatic hydroxyl groups is 2. The number of nitrogens with zero attached hydrogens (tertiary/aromatic N) is 3. The summed E-state index contributed by atoms with van der Waals surface area (Å²) in [6.07, 6.45) is 1.65. The molecule has 1 aromatic heterocycles. The lowest BCUT2D eigenvalue weighted by atomic mass is 9.76. The predicted molar refractivity (Wildman–Crippen MR) is 174 cm³/mol. The highest BCUT2D eigenvalue weighted by Crippen LogP contribution is 2.36. The van der Waals surface area contributed by atoms with Gasteiger partial charge < -0.3 is 29.3 Å². The van der Waals surface area contributed by atoms with Gasteiger partial charge in [-0.25, -0.2) is 0 Å². The Bertz CT molecular complexity index is 1340. The summed E-state index contributed by atoms with van der Waals surface area (Å²) in [5.41, 5.74) is 2.14. The van der Waals surface area contributed by atoms with Crippen molar-refractivity contribution in [1.82, 2.24) is 9.97 Å². The highest BCUT2D eigenvalue weighted by molar-refractivity contribution is 5.92. The minimum absolute atomic E-state index is 0.0711. The second-order valence-electron chi connectivity index (χ2n) is 15.0. The summed E-state index contributed by atoms with van der Waals surface area (Å²) in [5.74, 6) is 1.51. The van der Waals surface area contributed by atoms with Gasteiger partial charge >= 0.3 is 6.01 Å². The SMILES string of the molecule is COc1ccc(N(C)c2nc(OCC(C)(C)CC(C)(C)CO)nc3ccc(COCC(C)(C)CC(C)(C)CO)cc23)cc1. The van der Waals surface area contributed by atoms with E-state index in [0.717, 1.165) is 46.6 Å². The summed E-state index contributed by atoms with van der Waals surface area (Å²) in [7, 11) is 3.64. The smallest absolute Gasteiger partial charge is 0.318 e.